The standard InChI is InChI=1S/C29H35FN4O2S/c1-18(2)15-31-23(35)16-33-24(36)17-37-26(20-11-9-12-21(30)14-20)25-27(29(4,5)6)32-34(28(25)33)22-13-8-7-10-19(22)3/h7-14,18,26H,15-17H2,1-6H3,(H,31,35). The van der Waals surface area contributed by atoms with Crippen molar-refractivity contribution in [2.24, 2.45) is 5.92 Å². The van der Waals surface area contributed by atoms with Crippen LogP contribution in [0.2, 0.25) is 0 Å². The second kappa shape index (κ2) is 10.7. The third-order valence-corrected chi connectivity index (χ3v) is 7.56. The van der Waals surface area contributed by atoms with E-state index in [9.17, 15) is 14.0 Å². The molecule has 37 heavy (non-hydrogen) atoms. The molecule has 1 aromatic heterocycles. The minimum absolute atomic E-state index is 0.115. The molecule has 2 heterocycles. The van der Waals surface area contributed by atoms with Crippen molar-refractivity contribution in [2.45, 2.75) is 52.2 Å². The molecule has 1 aliphatic rings. The van der Waals surface area contributed by atoms with Crippen LogP contribution in [0.1, 0.15) is 62.3 Å². The lowest BCUT2D eigenvalue weighted by atomic mass is 9.87. The molecule has 2 aromatic carbocycles. The fraction of sp³-hybridized carbons (Fsp3) is 0.414. The molecule has 1 unspecified atom stereocenters. The summed E-state index contributed by atoms with van der Waals surface area (Å²) >= 11 is 1.45. The summed E-state index contributed by atoms with van der Waals surface area (Å²) in [5.74, 6) is 0.284. The van der Waals surface area contributed by atoms with Crippen molar-refractivity contribution >= 4 is 29.4 Å². The van der Waals surface area contributed by atoms with Crippen molar-refractivity contribution in [3.05, 3.63) is 76.7 Å². The van der Waals surface area contributed by atoms with E-state index >= 15 is 0 Å². The Labute approximate surface area is 222 Å². The van der Waals surface area contributed by atoms with Crippen LogP contribution in [0.5, 0.6) is 0 Å². The number of anilines is 1. The van der Waals surface area contributed by atoms with Crippen LogP contribution in [-0.4, -0.2) is 40.4 Å². The Morgan fingerprint density at radius 2 is 1.92 bits per heavy atom. The van der Waals surface area contributed by atoms with Gasteiger partial charge in [0, 0.05) is 17.5 Å². The van der Waals surface area contributed by atoms with Crippen molar-refractivity contribution in [3.63, 3.8) is 0 Å². The van der Waals surface area contributed by atoms with Crippen LogP contribution >= 0.6 is 11.8 Å². The number of rotatable bonds is 6. The zero-order valence-corrected chi connectivity index (χ0v) is 23.2. The number of thioether (sulfide) groups is 1. The molecule has 1 N–H and O–H groups in total. The highest BCUT2D eigenvalue weighted by molar-refractivity contribution is 8.00. The number of nitrogens with zero attached hydrogens (tertiary/aromatic N) is 3. The summed E-state index contributed by atoms with van der Waals surface area (Å²) in [5.41, 5.74) is 3.87. The van der Waals surface area contributed by atoms with Crippen LogP contribution < -0.4 is 10.2 Å². The maximum Gasteiger partial charge on any atom is 0.240 e. The number of carbonyl (C=O) groups excluding carboxylic acids is 2. The monoisotopic (exact) mass is 522 g/mol. The second-order valence-corrected chi connectivity index (χ2v) is 12.1. The lowest BCUT2D eigenvalue weighted by Crippen LogP contribution is -2.43. The molecule has 2 amide bonds. The molecule has 1 atom stereocenters. The average molecular weight is 523 g/mol. The van der Waals surface area contributed by atoms with Crippen LogP contribution in [0.15, 0.2) is 48.5 Å². The van der Waals surface area contributed by atoms with Gasteiger partial charge in [0.05, 0.1) is 22.4 Å². The minimum Gasteiger partial charge on any atom is -0.354 e. The number of aromatic nitrogens is 2. The number of amides is 2. The van der Waals surface area contributed by atoms with E-state index in [0.29, 0.717) is 12.4 Å². The fourth-order valence-corrected chi connectivity index (χ4v) is 5.68. The van der Waals surface area contributed by atoms with Gasteiger partial charge in [0.1, 0.15) is 18.2 Å². The Bertz CT molecular complexity index is 1310. The smallest absolute Gasteiger partial charge is 0.240 e. The molecule has 0 saturated carbocycles. The first-order valence-electron chi connectivity index (χ1n) is 12.6. The van der Waals surface area contributed by atoms with Crippen molar-refractivity contribution in [3.8, 4) is 5.69 Å². The SMILES string of the molecule is Cc1ccccc1-n1nc(C(C)(C)C)c2c1N(CC(=O)NCC(C)C)C(=O)CSC2c1cccc(F)c1. The molecule has 0 spiro atoms. The van der Waals surface area contributed by atoms with Crippen molar-refractivity contribution in [1.82, 2.24) is 15.1 Å². The van der Waals surface area contributed by atoms with Gasteiger partial charge < -0.3 is 5.32 Å². The average Bonchev–Trinajstić information content (AvgIpc) is 3.16. The number of benzene rings is 2. The van der Waals surface area contributed by atoms with E-state index in [2.05, 4.69) is 26.1 Å². The van der Waals surface area contributed by atoms with Crippen molar-refractivity contribution in [2.75, 3.05) is 23.7 Å². The van der Waals surface area contributed by atoms with Gasteiger partial charge in [0.15, 0.2) is 0 Å². The quantitative estimate of drug-likeness (QED) is 0.460. The number of halogens is 1. The summed E-state index contributed by atoms with van der Waals surface area (Å²) < 4.78 is 16.2. The number of hydrogen-bond acceptors (Lipinski definition) is 4. The predicted molar refractivity (Wildman–Crippen MR) is 148 cm³/mol. The van der Waals surface area contributed by atoms with Gasteiger partial charge in [0.25, 0.3) is 0 Å². The largest absolute Gasteiger partial charge is 0.354 e. The summed E-state index contributed by atoms with van der Waals surface area (Å²) in [6, 6.07) is 14.4. The Balaban J connectivity index is 1.99. The number of carbonyl (C=O) groups is 2. The molecule has 3 aromatic rings. The normalized spacial score (nSPS) is 16.1. The number of para-hydroxylation sites is 1. The van der Waals surface area contributed by atoms with E-state index in [1.807, 2.05) is 51.1 Å². The topological polar surface area (TPSA) is 67.2 Å². The molecular weight excluding hydrogens is 487 g/mol. The highest BCUT2D eigenvalue weighted by atomic mass is 32.2. The summed E-state index contributed by atoms with van der Waals surface area (Å²) in [4.78, 5) is 28.2. The molecule has 1 aliphatic heterocycles. The molecule has 8 heteroatoms. The summed E-state index contributed by atoms with van der Waals surface area (Å²) in [7, 11) is 0. The lowest BCUT2D eigenvalue weighted by molar-refractivity contribution is -0.123. The highest BCUT2D eigenvalue weighted by Gasteiger charge is 2.40. The Hall–Kier alpha value is -3.13. The zero-order chi connectivity index (χ0) is 26.9. The van der Waals surface area contributed by atoms with Gasteiger partial charge in [-0.25, -0.2) is 9.07 Å². The number of fused-ring (bicyclic) bond motifs is 1. The predicted octanol–water partition coefficient (Wildman–Crippen LogP) is 5.56. The summed E-state index contributed by atoms with van der Waals surface area (Å²) in [6.07, 6.45) is 0. The van der Waals surface area contributed by atoms with E-state index in [1.165, 1.54) is 23.9 Å². The summed E-state index contributed by atoms with van der Waals surface area (Å²) in [5, 5.41) is 7.70. The first-order chi connectivity index (χ1) is 17.5. The van der Waals surface area contributed by atoms with Crippen LogP contribution in [0.3, 0.4) is 0 Å². The molecule has 6 nitrogen and oxygen atoms in total. The van der Waals surface area contributed by atoms with E-state index in [4.69, 9.17) is 5.10 Å². The molecule has 0 aliphatic carbocycles. The highest BCUT2D eigenvalue weighted by Crippen LogP contribution is 2.48. The van der Waals surface area contributed by atoms with Crippen LogP contribution in [0.4, 0.5) is 10.2 Å². The first kappa shape index (κ1) is 26.9. The van der Waals surface area contributed by atoms with Gasteiger partial charge >= 0.3 is 0 Å². The minimum atomic E-state index is -0.372. The maximum atomic E-state index is 14.4. The van der Waals surface area contributed by atoms with Crippen LogP contribution in [0, 0.1) is 18.7 Å². The Morgan fingerprint density at radius 3 is 2.57 bits per heavy atom. The van der Waals surface area contributed by atoms with Crippen molar-refractivity contribution < 1.29 is 14.0 Å². The second-order valence-electron chi connectivity index (χ2n) is 11.0. The fourth-order valence-electron chi connectivity index (χ4n) is 4.49. The summed E-state index contributed by atoms with van der Waals surface area (Å²) in [6.45, 7) is 12.7. The van der Waals surface area contributed by atoms with Gasteiger partial charge in [-0.05, 0) is 42.2 Å². The molecule has 4 rings (SSSR count). The van der Waals surface area contributed by atoms with E-state index in [-0.39, 0.29) is 46.5 Å². The molecule has 0 saturated heterocycles. The Morgan fingerprint density at radius 1 is 1.19 bits per heavy atom. The maximum absolute atomic E-state index is 14.4. The van der Waals surface area contributed by atoms with E-state index in [0.717, 1.165) is 28.1 Å². The Kier molecular flexibility index (Phi) is 7.78. The number of hydrogen-bond donors (Lipinski definition) is 1. The van der Waals surface area contributed by atoms with Crippen molar-refractivity contribution in [1.29, 1.82) is 0 Å². The molecule has 0 bridgehead atoms. The molecule has 196 valence electrons. The molecule has 0 fully saturated rings. The van der Waals surface area contributed by atoms with Gasteiger partial charge in [0.2, 0.25) is 11.8 Å². The molecule has 0 radical (unpaired) electrons. The molecular formula is C29H35FN4O2S. The number of nitrogens with one attached hydrogen (secondary N) is 1. The van der Waals surface area contributed by atoms with Gasteiger partial charge in [-0.15, -0.1) is 11.8 Å². The van der Waals surface area contributed by atoms with Crippen LogP contribution in [0.25, 0.3) is 5.69 Å². The van der Waals surface area contributed by atoms with E-state index in [1.54, 1.807) is 15.6 Å². The van der Waals surface area contributed by atoms with Gasteiger partial charge in [-0.2, -0.15) is 5.10 Å². The van der Waals surface area contributed by atoms with Gasteiger partial charge in [-0.1, -0.05) is 65.0 Å². The first-order valence-corrected chi connectivity index (χ1v) is 13.7. The number of aryl methyl sites for hydroxylation is 1. The lowest BCUT2D eigenvalue weighted by Gasteiger charge is -2.25. The third kappa shape index (κ3) is 5.74. The third-order valence-electron chi connectivity index (χ3n) is 6.30. The van der Waals surface area contributed by atoms with Crippen LogP contribution in [-0.2, 0) is 15.0 Å². The van der Waals surface area contributed by atoms with E-state index < -0.39 is 0 Å². The van der Waals surface area contributed by atoms with Gasteiger partial charge in [-0.3, -0.25) is 14.5 Å². The zero-order valence-electron chi connectivity index (χ0n) is 22.3.